The van der Waals surface area contributed by atoms with Crippen LogP contribution in [-0.2, 0) is 14.8 Å². The highest BCUT2D eigenvalue weighted by Gasteiger charge is 2.08. The Morgan fingerprint density at radius 2 is 1.78 bits per heavy atom. The van der Waals surface area contributed by atoms with Crippen molar-refractivity contribution in [3.05, 3.63) is 24.3 Å². The lowest BCUT2D eigenvalue weighted by Crippen LogP contribution is -2.16. The summed E-state index contributed by atoms with van der Waals surface area (Å²) >= 11 is 0. The van der Waals surface area contributed by atoms with E-state index in [1.807, 2.05) is 0 Å². The van der Waals surface area contributed by atoms with Gasteiger partial charge in [-0.15, -0.1) is 0 Å². The topological polar surface area (TPSA) is 95.5 Å². The summed E-state index contributed by atoms with van der Waals surface area (Å²) in [5, 5.41) is 11.2. The normalized spacial score (nSPS) is 10.9. The molecule has 0 aliphatic rings. The molecule has 0 saturated carbocycles. The number of anilines is 2. The number of benzene rings is 1. The Kier molecular flexibility index (Phi) is 4.96. The summed E-state index contributed by atoms with van der Waals surface area (Å²) in [6, 6.07) is 6.40. The minimum Gasteiger partial charge on any atom is -0.480 e. The molecule has 0 bridgehead atoms. The maximum atomic E-state index is 11.5. The van der Waals surface area contributed by atoms with E-state index in [-0.39, 0.29) is 12.3 Å². The molecule has 0 spiro atoms. The first-order chi connectivity index (χ1) is 8.43. The number of nitrogens with one attached hydrogen (secondary N) is 2. The summed E-state index contributed by atoms with van der Waals surface area (Å²) in [5.41, 5.74) is 1.08. The molecule has 0 fully saturated rings. The van der Waals surface area contributed by atoms with Gasteiger partial charge in [-0.2, -0.15) is 0 Å². The molecule has 0 aliphatic heterocycles. The zero-order valence-electron chi connectivity index (χ0n) is 10.0. The van der Waals surface area contributed by atoms with Crippen molar-refractivity contribution in [3.8, 4) is 0 Å². The Bertz CT molecular complexity index is 496. The van der Waals surface area contributed by atoms with E-state index >= 15 is 0 Å². The lowest BCUT2D eigenvalue weighted by Gasteiger charge is -2.08. The number of aliphatic carboxylic acids is 1. The van der Waals surface area contributed by atoms with Crippen LogP contribution in [0.25, 0.3) is 0 Å². The average Bonchev–Trinajstić information content (AvgIpc) is 2.27. The van der Waals surface area contributed by atoms with E-state index in [1.54, 1.807) is 31.2 Å². The second-order valence-corrected chi connectivity index (χ2v) is 5.59. The molecule has 0 unspecified atom stereocenters. The Labute approximate surface area is 106 Å². The second kappa shape index (κ2) is 6.25. The standard InChI is InChI=1S/C11H16N2O4S/c1-2-7-18(16,17)13-10-5-3-9(4-6-10)12-8-11(14)15/h3-6,12-13H,2,7-8H2,1H3,(H,14,15). The van der Waals surface area contributed by atoms with Gasteiger partial charge in [-0.3, -0.25) is 9.52 Å². The van der Waals surface area contributed by atoms with Crippen molar-refractivity contribution in [3.63, 3.8) is 0 Å². The molecule has 0 aliphatic carbocycles. The smallest absolute Gasteiger partial charge is 0.322 e. The van der Waals surface area contributed by atoms with E-state index in [2.05, 4.69) is 10.0 Å². The summed E-state index contributed by atoms with van der Waals surface area (Å²) in [4.78, 5) is 10.3. The van der Waals surface area contributed by atoms with Crippen LogP contribution in [0.5, 0.6) is 0 Å². The molecule has 3 N–H and O–H groups in total. The van der Waals surface area contributed by atoms with Crippen LogP contribution in [0.2, 0.25) is 0 Å². The van der Waals surface area contributed by atoms with Gasteiger partial charge in [0.15, 0.2) is 0 Å². The molecule has 1 aromatic rings. The molecule has 7 heteroatoms. The molecule has 0 radical (unpaired) electrons. The van der Waals surface area contributed by atoms with E-state index < -0.39 is 16.0 Å². The molecule has 0 atom stereocenters. The van der Waals surface area contributed by atoms with E-state index in [9.17, 15) is 13.2 Å². The van der Waals surface area contributed by atoms with Crippen LogP contribution in [0.4, 0.5) is 11.4 Å². The van der Waals surface area contributed by atoms with E-state index in [1.165, 1.54) is 0 Å². The third-order valence-electron chi connectivity index (χ3n) is 2.07. The van der Waals surface area contributed by atoms with Crippen molar-refractivity contribution < 1.29 is 18.3 Å². The van der Waals surface area contributed by atoms with E-state index in [4.69, 9.17) is 5.11 Å². The van der Waals surface area contributed by atoms with Gasteiger partial charge in [0.1, 0.15) is 6.54 Å². The van der Waals surface area contributed by atoms with Gasteiger partial charge in [0.2, 0.25) is 10.0 Å². The fraction of sp³-hybridized carbons (Fsp3) is 0.364. The van der Waals surface area contributed by atoms with Gasteiger partial charge >= 0.3 is 5.97 Å². The molecule has 0 amide bonds. The SMILES string of the molecule is CCCS(=O)(=O)Nc1ccc(NCC(=O)O)cc1. The Hall–Kier alpha value is -1.76. The Morgan fingerprint density at radius 3 is 2.28 bits per heavy atom. The molecule has 0 aromatic heterocycles. The van der Waals surface area contributed by atoms with Gasteiger partial charge in [-0.05, 0) is 30.7 Å². The first-order valence-electron chi connectivity index (χ1n) is 5.49. The number of carboxylic acids is 1. The minimum atomic E-state index is -3.29. The van der Waals surface area contributed by atoms with Crippen LogP contribution in [0.1, 0.15) is 13.3 Å². The van der Waals surface area contributed by atoms with Gasteiger partial charge < -0.3 is 10.4 Å². The predicted molar refractivity (Wildman–Crippen MR) is 70.3 cm³/mol. The van der Waals surface area contributed by atoms with Gasteiger partial charge in [-0.1, -0.05) is 6.92 Å². The van der Waals surface area contributed by atoms with Crippen LogP contribution in [-0.4, -0.2) is 31.8 Å². The van der Waals surface area contributed by atoms with Crippen molar-refractivity contribution in [2.24, 2.45) is 0 Å². The second-order valence-electron chi connectivity index (χ2n) is 3.75. The van der Waals surface area contributed by atoms with Crippen molar-refractivity contribution in [2.75, 3.05) is 22.3 Å². The number of carboxylic acid groups (broad SMARTS) is 1. The van der Waals surface area contributed by atoms with Gasteiger partial charge in [0.25, 0.3) is 0 Å². The van der Waals surface area contributed by atoms with Crippen LogP contribution < -0.4 is 10.0 Å². The highest BCUT2D eigenvalue weighted by atomic mass is 32.2. The number of hydrogen-bond acceptors (Lipinski definition) is 4. The predicted octanol–water partition coefficient (Wildman–Crippen LogP) is 1.33. The summed E-state index contributed by atoms with van der Waals surface area (Å²) < 4.78 is 25.4. The number of sulfonamides is 1. The van der Waals surface area contributed by atoms with Gasteiger partial charge in [-0.25, -0.2) is 8.42 Å². The average molecular weight is 272 g/mol. The number of carbonyl (C=O) groups is 1. The van der Waals surface area contributed by atoms with Crippen molar-refractivity contribution >= 4 is 27.4 Å². The highest BCUT2D eigenvalue weighted by molar-refractivity contribution is 7.92. The lowest BCUT2D eigenvalue weighted by atomic mass is 10.3. The molecule has 0 heterocycles. The zero-order valence-corrected chi connectivity index (χ0v) is 10.8. The van der Waals surface area contributed by atoms with Crippen LogP contribution in [0.15, 0.2) is 24.3 Å². The Morgan fingerprint density at radius 1 is 1.22 bits per heavy atom. The maximum absolute atomic E-state index is 11.5. The minimum absolute atomic E-state index is 0.0754. The summed E-state index contributed by atoms with van der Waals surface area (Å²) in [6.45, 7) is 1.61. The van der Waals surface area contributed by atoms with Crippen LogP contribution >= 0.6 is 0 Å². The third-order valence-corrected chi connectivity index (χ3v) is 3.57. The summed E-state index contributed by atoms with van der Waals surface area (Å²) in [7, 11) is -3.29. The first-order valence-corrected chi connectivity index (χ1v) is 7.14. The third kappa shape index (κ3) is 5.05. The number of hydrogen-bond donors (Lipinski definition) is 3. The fourth-order valence-electron chi connectivity index (χ4n) is 1.33. The molecule has 1 rings (SSSR count). The molecular weight excluding hydrogens is 256 g/mol. The molecular formula is C11H16N2O4S. The van der Waals surface area contributed by atoms with Crippen molar-refractivity contribution in [2.45, 2.75) is 13.3 Å². The monoisotopic (exact) mass is 272 g/mol. The Balaban J connectivity index is 2.63. The molecule has 6 nitrogen and oxygen atoms in total. The molecule has 1 aromatic carbocycles. The van der Waals surface area contributed by atoms with Gasteiger partial charge in [0.05, 0.1) is 5.75 Å². The highest BCUT2D eigenvalue weighted by Crippen LogP contribution is 2.14. The fourth-order valence-corrected chi connectivity index (χ4v) is 2.47. The molecule has 100 valence electrons. The number of rotatable bonds is 7. The van der Waals surface area contributed by atoms with Crippen molar-refractivity contribution in [1.29, 1.82) is 0 Å². The van der Waals surface area contributed by atoms with Crippen LogP contribution in [0.3, 0.4) is 0 Å². The lowest BCUT2D eigenvalue weighted by molar-refractivity contribution is -0.134. The summed E-state index contributed by atoms with van der Waals surface area (Å²) in [6.07, 6.45) is 0.549. The van der Waals surface area contributed by atoms with E-state index in [0.29, 0.717) is 17.8 Å². The van der Waals surface area contributed by atoms with Crippen LogP contribution in [0, 0.1) is 0 Å². The van der Waals surface area contributed by atoms with Gasteiger partial charge in [0, 0.05) is 11.4 Å². The van der Waals surface area contributed by atoms with Crippen molar-refractivity contribution in [1.82, 2.24) is 0 Å². The summed E-state index contributed by atoms with van der Waals surface area (Å²) in [5.74, 6) is -0.880. The maximum Gasteiger partial charge on any atom is 0.322 e. The molecule has 18 heavy (non-hydrogen) atoms. The zero-order chi connectivity index (χ0) is 13.6. The largest absolute Gasteiger partial charge is 0.480 e. The van der Waals surface area contributed by atoms with E-state index in [0.717, 1.165) is 0 Å². The first kappa shape index (κ1) is 14.3. The molecule has 0 saturated heterocycles. The quantitative estimate of drug-likeness (QED) is 0.696.